The number of pyridine rings is 1. The number of aromatic nitrogens is 1. The molecule has 0 saturated carbocycles. The molecule has 0 aliphatic rings. The Kier molecular flexibility index (Phi) is 5.39. The number of halogens is 4. The van der Waals surface area contributed by atoms with E-state index in [0.29, 0.717) is 21.2 Å². The maximum Gasteiger partial charge on any atom is 0.387 e. The number of aliphatic hydroxyl groups excluding tert-OH is 1. The molecule has 8 heteroatoms. The Morgan fingerprint density at radius 3 is 2.36 bits per heavy atom. The van der Waals surface area contributed by atoms with Gasteiger partial charge in [0.05, 0.1) is 16.1 Å². The Morgan fingerprint density at radius 2 is 1.82 bits per heavy atom. The summed E-state index contributed by atoms with van der Waals surface area (Å²) >= 11 is 11.9. The number of phenols is 1. The number of nitrogens with zero attached hydrogens (tertiary/aromatic N) is 1. The number of hydrogen-bond acceptors (Lipinski definition) is 4. The van der Waals surface area contributed by atoms with Gasteiger partial charge in [-0.25, -0.2) is 0 Å². The topological polar surface area (TPSA) is 62.6 Å². The summed E-state index contributed by atoms with van der Waals surface area (Å²) in [6.07, 6.45) is 1.83. The lowest BCUT2D eigenvalue weighted by atomic mass is 10.0. The zero-order chi connectivity index (χ0) is 16.3. The summed E-state index contributed by atoms with van der Waals surface area (Å²) in [6.45, 7) is -3.05. The van der Waals surface area contributed by atoms with Crippen molar-refractivity contribution in [3.8, 4) is 11.5 Å². The van der Waals surface area contributed by atoms with Crippen LogP contribution in [-0.4, -0.2) is 21.8 Å². The molecule has 2 rings (SSSR count). The van der Waals surface area contributed by atoms with Crippen molar-refractivity contribution in [1.29, 1.82) is 0 Å². The third kappa shape index (κ3) is 3.97. The van der Waals surface area contributed by atoms with Crippen molar-refractivity contribution in [2.24, 2.45) is 0 Å². The number of alkyl halides is 2. The van der Waals surface area contributed by atoms with Gasteiger partial charge in [-0.15, -0.1) is 0 Å². The van der Waals surface area contributed by atoms with Crippen molar-refractivity contribution in [1.82, 2.24) is 4.98 Å². The van der Waals surface area contributed by atoms with E-state index in [1.54, 1.807) is 0 Å². The molecule has 0 radical (unpaired) electrons. The minimum Gasteiger partial charge on any atom is -0.504 e. The molecule has 0 spiro atoms. The molecule has 1 heterocycles. The molecular weight excluding hydrogens is 339 g/mol. The van der Waals surface area contributed by atoms with Crippen molar-refractivity contribution >= 4 is 23.2 Å². The Labute approximate surface area is 134 Å². The summed E-state index contributed by atoms with van der Waals surface area (Å²) in [5, 5.41) is 20.4. The van der Waals surface area contributed by atoms with Gasteiger partial charge >= 0.3 is 6.61 Å². The average molecular weight is 350 g/mol. The van der Waals surface area contributed by atoms with Crippen LogP contribution >= 0.6 is 23.2 Å². The van der Waals surface area contributed by atoms with Crippen LogP contribution in [0.4, 0.5) is 8.78 Å². The zero-order valence-electron chi connectivity index (χ0n) is 11.0. The number of phenolic OH excluding ortho intramolecular Hbond substituents is 1. The smallest absolute Gasteiger partial charge is 0.387 e. The second-order valence-corrected chi connectivity index (χ2v) is 5.22. The molecule has 0 bridgehead atoms. The van der Waals surface area contributed by atoms with E-state index in [-0.39, 0.29) is 12.2 Å². The van der Waals surface area contributed by atoms with E-state index < -0.39 is 18.5 Å². The molecule has 118 valence electrons. The Bertz CT molecular complexity index is 650. The van der Waals surface area contributed by atoms with Crippen LogP contribution in [0, 0.1) is 0 Å². The van der Waals surface area contributed by atoms with Gasteiger partial charge in [0.15, 0.2) is 11.5 Å². The highest BCUT2D eigenvalue weighted by atomic mass is 35.5. The molecule has 4 nitrogen and oxygen atoms in total. The number of ether oxygens (including phenoxy) is 1. The number of benzene rings is 1. The molecule has 0 unspecified atom stereocenters. The lowest BCUT2D eigenvalue weighted by Crippen LogP contribution is -2.05. The van der Waals surface area contributed by atoms with Gasteiger partial charge < -0.3 is 14.9 Å². The summed E-state index contributed by atoms with van der Waals surface area (Å²) in [7, 11) is 0. The van der Waals surface area contributed by atoms with Crippen LogP contribution < -0.4 is 4.74 Å². The summed E-state index contributed by atoms with van der Waals surface area (Å²) < 4.78 is 28.4. The third-order valence-electron chi connectivity index (χ3n) is 2.93. The Hall–Kier alpha value is -1.63. The molecule has 0 saturated heterocycles. The van der Waals surface area contributed by atoms with Gasteiger partial charge in [0.2, 0.25) is 0 Å². The summed E-state index contributed by atoms with van der Waals surface area (Å²) in [5.41, 5.74) is 0.807. The molecule has 22 heavy (non-hydrogen) atoms. The van der Waals surface area contributed by atoms with Gasteiger partial charge in [-0.1, -0.05) is 29.3 Å². The van der Waals surface area contributed by atoms with Gasteiger partial charge in [-0.05, 0) is 23.3 Å². The number of aliphatic hydroxyl groups is 1. The molecular formula is C14H11Cl2F2NO3. The molecule has 2 aromatic rings. The zero-order valence-corrected chi connectivity index (χ0v) is 12.5. The van der Waals surface area contributed by atoms with Gasteiger partial charge in [0.25, 0.3) is 0 Å². The van der Waals surface area contributed by atoms with Crippen molar-refractivity contribution in [3.63, 3.8) is 0 Å². The van der Waals surface area contributed by atoms with E-state index in [1.165, 1.54) is 18.5 Å². The van der Waals surface area contributed by atoms with Crippen LogP contribution in [0.1, 0.15) is 17.2 Å². The summed E-state index contributed by atoms with van der Waals surface area (Å²) in [6, 6.07) is 3.66. The van der Waals surface area contributed by atoms with Gasteiger partial charge in [-0.2, -0.15) is 8.78 Å². The van der Waals surface area contributed by atoms with Crippen molar-refractivity contribution in [2.45, 2.75) is 19.1 Å². The minimum atomic E-state index is -3.05. The molecule has 0 fully saturated rings. The Balaban J connectivity index is 2.19. The first-order chi connectivity index (χ1) is 10.4. The highest BCUT2D eigenvalue weighted by Gasteiger charge is 2.17. The van der Waals surface area contributed by atoms with E-state index in [0.717, 1.165) is 12.1 Å². The average Bonchev–Trinajstić information content (AvgIpc) is 2.44. The van der Waals surface area contributed by atoms with Gasteiger partial charge in [-0.3, -0.25) is 4.98 Å². The highest BCUT2D eigenvalue weighted by molar-refractivity contribution is 6.35. The fraction of sp³-hybridized carbons (Fsp3) is 0.214. The monoisotopic (exact) mass is 349 g/mol. The van der Waals surface area contributed by atoms with Crippen LogP contribution in [0.2, 0.25) is 10.0 Å². The van der Waals surface area contributed by atoms with Crippen molar-refractivity contribution in [3.05, 3.63) is 51.8 Å². The molecule has 2 N–H and O–H groups in total. The van der Waals surface area contributed by atoms with Gasteiger partial charge in [0, 0.05) is 18.8 Å². The first kappa shape index (κ1) is 16.7. The summed E-state index contributed by atoms with van der Waals surface area (Å²) in [5.74, 6) is -0.866. The quantitative estimate of drug-likeness (QED) is 0.857. The van der Waals surface area contributed by atoms with E-state index in [2.05, 4.69) is 9.72 Å². The van der Waals surface area contributed by atoms with Crippen LogP contribution in [0.25, 0.3) is 0 Å². The SMILES string of the molecule is Oc1cc([C@@H](O)Cc2c(Cl)cncc2Cl)ccc1OC(F)F. The predicted octanol–water partition coefficient (Wildman–Crippen LogP) is 3.97. The minimum absolute atomic E-state index is 0.0781. The molecule has 0 aliphatic heterocycles. The van der Waals surface area contributed by atoms with Crippen molar-refractivity contribution in [2.75, 3.05) is 0 Å². The fourth-order valence-electron chi connectivity index (χ4n) is 1.88. The second kappa shape index (κ2) is 7.09. The standard InChI is InChI=1S/C14H11Cl2F2NO3/c15-9-5-19-6-10(16)8(9)4-11(20)7-1-2-13(12(21)3-7)22-14(17)18/h1-3,5-6,11,14,20-21H,4H2/t11-/m0/s1. The lowest BCUT2D eigenvalue weighted by Gasteiger charge is -2.15. The van der Waals surface area contributed by atoms with Crippen LogP contribution in [0.5, 0.6) is 11.5 Å². The van der Waals surface area contributed by atoms with Crippen LogP contribution in [0.15, 0.2) is 30.6 Å². The first-order valence-electron chi connectivity index (χ1n) is 6.12. The molecule has 1 aromatic heterocycles. The fourth-order valence-corrected chi connectivity index (χ4v) is 2.40. The predicted molar refractivity (Wildman–Crippen MR) is 77.7 cm³/mol. The maximum atomic E-state index is 12.1. The van der Waals surface area contributed by atoms with E-state index in [1.807, 2.05) is 0 Å². The largest absolute Gasteiger partial charge is 0.504 e. The molecule has 1 atom stereocenters. The first-order valence-corrected chi connectivity index (χ1v) is 6.87. The summed E-state index contributed by atoms with van der Waals surface area (Å²) in [4.78, 5) is 3.80. The Morgan fingerprint density at radius 1 is 1.18 bits per heavy atom. The lowest BCUT2D eigenvalue weighted by molar-refractivity contribution is -0.0512. The number of rotatable bonds is 5. The van der Waals surface area contributed by atoms with Crippen LogP contribution in [0.3, 0.4) is 0 Å². The molecule has 0 amide bonds. The normalized spacial score (nSPS) is 12.5. The number of hydrogen-bond donors (Lipinski definition) is 2. The molecule has 1 aromatic carbocycles. The molecule has 0 aliphatic carbocycles. The van der Waals surface area contributed by atoms with Crippen molar-refractivity contribution < 1.29 is 23.7 Å². The number of aromatic hydroxyl groups is 1. The van der Waals surface area contributed by atoms with E-state index in [9.17, 15) is 19.0 Å². The van der Waals surface area contributed by atoms with Crippen LogP contribution in [-0.2, 0) is 6.42 Å². The van der Waals surface area contributed by atoms with E-state index in [4.69, 9.17) is 23.2 Å². The highest BCUT2D eigenvalue weighted by Crippen LogP contribution is 2.33. The second-order valence-electron chi connectivity index (χ2n) is 4.41. The third-order valence-corrected chi connectivity index (χ3v) is 3.59. The maximum absolute atomic E-state index is 12.1. The van der Waals surface area contributed by atoms with E-state index >= 15 is 0 Å². The van der Waals surface area contributed by atoms with Gasteiger partial charge in [0.1, 0.15) is 0 Å².